The van der Waals surface area contributed by atoms with Crippen molar-refractivity contribution in [1.29, 1.82) is 0 Å². The highest BCUT2D eigenvalue weighted by atomic mass is 16.3. The monoisotopic (exact) mass is 421 g/mol. The number of likely N-dealkylation sites (tertiary alicyclic amines) is 1. The molecule has 4 rings (SSSR count). The third-order valence-corrected chi connectivity index (χ3v) is 7.91. The second-order valence-corrected chi connectivity index (χ2v) is 10.4. The number of benzene rings is 1. The highest BCUT2D eigenvalue weighted by molar-refractivity contribution is 5.23. The van der Waals surface area contributed by atoms with Crippen molar-refractivity contribution in [3.05, 3.63) is 59.2 Å². The van der Waals surface area contributed by atoms with Gasteiger partial charge in [-0.05, 0) is 102 Å². The van der Waals surface area contributed by atoms with E-state index >= 15 is 0 Å². The first-order chi connectivity index (χ1) is 15.2. The Balaban J connectivity index is 1.14. The molecule has 1 aliphatic heterocycles. The van der Waals surface area contributed by atoms with Crippen molar-refractivity contribution in [3.63, 3.8) is 0 Å². The molecule has 0 amide bonds. The molecule has 1 saturated carbocycles. The molecule has 1 heterocycles. The number of unbranched alkanes of at least 4 members (excludes halogenated alkanes) is 3. The average molecular weight is 422 g/mol. The fraction of sp³-hybridized carbons (Fsp3) is 0.655. The number of aliphatic hydroxyl groups excluding tert-OH is 1. The van der Waals surface area contributed by atoms with Crippen LogP contribution >= 0.6 is 0 Å². The van der Waals surface area contributed by atoms with Crippen LogP contribution in [0.2, 0.25) is 0 Å². The van der Waals surface area contributed by atoms with Crippen LogP contribution in [0.1, 0.15) is 75.3 Å². The van der Waals surface area contributed by atoms with E-state index < -0.39 is 0 Å². The SMILES string of the molecule is Cc1cccc(CC/C=C/[C@@H]2[C@H]3CC(CCCCCCN4CCCC4)=C[C@H]3C[C@H]2O)c1. The zero-order chi connectivity index (χ0) is 21.5. The summed E-state index contributed by atoms with van der Waals surface area (Å²) in [6.45, 7) is 6.16. The molecule has 170 valence electrons. The largest absolute Gasteiger partial charge is 0.392 e. The fourth-order valence-corrected chi connectivity index (χ4v) is 6.21. The summed E-state index contributed by atoms with van der Waals surface area (Å²) in [6, 6.07) is 8.82. The molecule has 0 aromatic heterocycles. The zero-order valence-electron chi connectivity index (χ0n) is 19.6. The maximum Gasteiger partial charge on any atom is 0.0611 e. The molecule has 31 heavy (non-hydrogen) atoms. The number of rotatable bonds is 11. The first kappa shape index (κ1) is 22.8. The Bertz CT molecular complexity index is 745. The van der Waals surface area contributed by atoms with Gasteiger partial charge in [-0.2, -0.15) is 0 Å². The lowest BCUT2D eigenvalue weighted by Gasteiger charge is -2.18. The molecule has 1 N–H and O–H groups in total. The average Bonchev–Trinajstić information content (AvgIpc) is 3.46. The fourth-order valence-electron chi connectivity index (χ4n) is 6.21. The summed E-state index contributed by atoms with van der Waals surface area (Å²) in [5, 5.41) is 10.6. The standard InChI is InChI=1S/C29H43NO/c1-23-11-10-14-24(19-23)12-5-6-15-27-28-21-25(20-26(28)22-29(27)31)13-4-2-3-7-16-30-17-8-9-18-30/h6,10-11,14-15,19-20,26-29,31H,2-5,7-9,12-13,16-18,21-22H2,1H3/b15-6+/t26-,27+,28-,29+/m0/s1. The first-order valence-corrected chi connectivity index (χ1v) is 13.0. The minimum absolute atomic E-state index is 0.145. The van der Waals surface area contributed by atoms with Crippen LogP contribution in [0.5, 0.6) is 0 Å². The highest BCUT2D eigenvalue weighted by Gasteiger charge is 2.43. The van der Waals surface area contributed by atoms with Crippen molar-refractivity contribution in [2.45, 2.75) is 83.7 Å². The van der Waals surface area contributed by atoms with Gasteiger partial charge < -0.3 is 10.0 Å². The molecular weight excluding hydrogens is 378 g/mol. The number of nitrogens with zero attached hydrogens (tertiary/aromatic N) is 1. The van der Waals surface area contributed by atoms with Crippen molar-refractivity contribution in [3.8, 4) is 0 Å². The lowest BCUT2D eigenvalue weighted by atomic mass is 9.88. The molecule has 2 fully saturated rings. The van der Waals surface area contributed by atoms with Crippen molar-refractivity contribution in [1.82, 2.24) is 4.90 Å². The lowest BCUT2D eigenvalue weighted by Crippen LogP contribution is -2.20. The van der Waals surface area contributed by atoms with E-state index in [1.807, 2.05) is 0 Å². The predicted molar refractivity (Wildman–Crippen MR) is 131 cm³/mol. The molecular formula is C29H43NO. The van der Waals surface area contributed by atoms with E-state index in [-0.39, 0.29) is 6.10 Å². The summed E-state index contributed by atoms with van der Waals surface area (Å²) in [7, 11) is 0. The van der Waals surface area contributed by atoms with Crippen molar-refractivity contribution in [2.75, 3.05) is 19.6 Å². The Morgan fingerprint density at radius 3 is 2.74 bits per heavy atom. The van der Waals surface area contributed by atoms with Crippen LogP contribution in [0.3, 0.4) is 0 Å². The van der Waals surface area contributed by atoms with Gasteiger partial charge in [0.25, 0.3) is 0 Å². The first-order valence-electron chi connectivity index (χ1n) is 13.0. The third-order valence-electron chi connectivity index (χ3n) is 7.91. The van der Waals surface area contributed by atoms with Crippen LogP contribution in [0.15, 0.2) is 48.1 Å². The molecule has 0 unspecified atom stereocenters. The zero-order valence-corrected chi connectivity index (χ0v) is 19.6. The second-order valence-electron chi connectivity index (χ2n) is 10.4. The van der Waals surface area contributed by atoms with Gasteiger partial charge in [0.2, 0.25) is 0 Å². The number of hydrogen-bond acceptors (Lipinski definition) is 2. The van der Waals surface area contributed by atoms with Gasteiger partial charge in [0, 0.05) is 5.92 Å². The normalized spacial score (nSPS) is 28.5. The molecule has 2 nitrogen and oxygen atoms in total. The summed E-state index contributed by atoms with van der Waals surface area (Å²) in [5.74, 6) is 1.62. The Labute approximate surface area is 190 Å². The van der Waals surface area contributed by atoms with E-state index in [1.54, 1.807) is 5.57 Å². The smallest absolute Gasteiger partial charge is 0.0611 e. The number of hydrogen-bond donors (Lipinski definition) is 1. The minimum atomic E-state index is -0.145. The van der Waals surface area contributed by atoms with E-state index in [0.717, 1.165) is 19.3 Å². The molecule has 0 spiro atoms. The van der Waals surface area contributed by atoms with E-state index in [0.29, 0.717) is 17.8 Å². The third kappa shape index (κ3) is 6.56. The van der Waals surface area contributed by atoms with Crippen LogP contribution in [0.4, 0.5) is 0 Å². The molecule has 1 aromatic rings. The van der Waals surface area contributed by atoms with Crippen molar-refractivity contribution in [2.24, 2.45) is 17.8 Å². The van der Waals surface area contributed by atoms with E-state index in [4.69, 9.17) is 0 Å². The molecule has 2 heteroatoms. The molecule has 0 radical (unpaired) electrons. The maximum absolute atomic E-state index is 10.6. The Kier molecular flexibility index (Phi) is 8.44. The van der Waals surface area contributed by atoms with Gasteiger partial charge in [-0.15, -0.1) is 0 Å². The molecule has 0 bridgehead atoms. The predicted octanol–water partition coefficient (Wildman–Crippen LogP) is 6.47. The van der Waals surface area contributed by atoms with Crippen molar-refractivity contribution >= 4 is 0 Å². The topological polar surface area (TPSA) is 23.5 Å². The molecule has 3 aliphatic rings. The molecule has 1 aromatic carbocycles. The minimum Gasteiger partial charge on any atom is -0.392 e. The number of aryl methyl sites for hydroxylation is 2. The Hall–Kier alpha value is -1.38. The molecule has 2 aliphatic carbocycles. The summed E-state index contributed by atoms with van der Waals surface area (Å²) in [5.41, 5.74) is 4.44. The quantitative estimate of drug-likeness (QED) is 0.327. The summed E-state index contributed by atoms with van der Waals surface area (Å²) >= 11 is 0. The van der Waals surface area contributed by atoms with Gasteiger partial charge in [0.1, 0.15) is 0 Å². The van der Waals surface area contributed by atoms with Crippen LogP contribution < -0.4 is 0 Å². The van der Waals surface area contributed by atoms with Gasteiger partial charge in [0.15, 0.2) is 0 Å². The van der Waals surface area contributed by atoms with Crippen LogP contribution in [-0.2, 0) is 6.42 Å². The van der Waals surface area contributed by atoms with E-state index in [2.05, 4.69) is 54.3 Å². The van der Waals surface area contributed by atoms with E-state index in [9.17, 15) is 5.11 Å². The summed E-state index contributed by atoms with van der Waals surface area (Å²) in [6.07, 6.45) is 21.0. The Morgan fingerprint density at radius 1 is 1.06 bits per heavy atom. The van der Waals surface area contributed by atoms with Gasteiger partial charge in [-0.3, -0.25) is 0 Å². The summed E-state index contributed by atoms with van der Waals surface area (Å²) in [4.78, 5) is 2.64. The lowest BCUT2D eigenvalue weighted by molar-refractivity contribution is 0.141. The Morgan fingerprint density at radius 2 is 1.90 bits per heavy atom. The molecule has 4 atom stereocenters. The van der Waals surface area contributed by atoms with Crippen LogP contribution in [-0.4, -0.2) is 35.7 Å². The van der Waals surface area contributed by atoms with E-state index in [1.165, 1.54) is 82.1 Å². The number of allylic oxidation sites excluding steroid dienone is 3. The molecule has 1 saturated heterocycles. The number of fused-ring (bicyclic) bond motifs is 1. The summed E-state index contributed by atoms with van der Waals surface area (Å²) < 4.78 is 0. The van der Waals surface area contributed by atoms with Gasteiger partial charge in [0.05, 0.1) is 6.10 Å². The van der Waals surface area contributed by atoms with Crippen molar-refractivity contribution < 1.29 is 5.11 Å². The number of aliphatic hydroxyl groups is 1. The van der Waals surface area contributed by atoms with Crippen LogP contribution in [0.25, 0.3) is 0 Å². The maximum atomic E-state index is 10.6. The van der Waals surface area contributed by atoms with Gasteiger partial charge >= 0.3 is 0 Å². The van der Waals surface area contributed by atoms with Gasteiger partial charge in [-0.1, -0.05) is 66.5 Å². The second kappa shape index (κ2) is 11.5. The highest BCUT2D eigenvalue weighted by Crippen LogP contribution is 2.48. The van der Waals surface area contributed by atoms with Gasteiger partial charge in [-0.25, -0.2) is 0 Å². The van der Waals surface area contributed by atoms with Crippen LogP contribution in [0, 0.1) is 24.7 Å².